The predicted octanol–water partition coefficient (Wildman–Crippen LogP) is 2.71. The Bertz CT molecular complexity index is 1030. The molecular formula is C20H25N5O3. The van der Waals surface area contributed by atoms with Crippen molar-refractivity contribution in [2.75, 3.05) is 0 Å². The van der Waals surface area contributed by atoms with E-state index in [1.807, 2.05) is 19.1 Å². The van der Waals surface area contributed by atoms with E-state index in [0.29, 0.717) is 18.2 Å². The Kier molecular flexibility index (Phi) is 5.27. The zero-order chi connectivity index (χ0) is 19.5. The molecule has 0 unspecified atom stereocenters. The van der Waals surface area contributed by atoms with Gasteiger partial charge in [0.1, 0.15) is 6.33 Å². The normalized spacial score (nSPS) is 15.2. The average Bonchev–Trinajstić information content (AvgIpc) is 3.29. The number of aryl methyl sites for hydroxylation is 2. The molecule has 148 valence electrons. The molecule has 1 fully saturated rings. The molecule has 1 amide bonds. The van der Waals surface area contributed by atoms with E-state index < -0.39 is 5.76 Å². The lowest BCUT2D eigenvalue weighted by molar-refractivity contribution is -0.121. The molecule has 8 heteroatoms. The van der Waals surface area contributed by atoms with Gasteiger partial charge >= 0.3 is 5.76 Å². The number of carbonyl (C=O) groups is 1. The summed E-state index contributed by atoms with van der Waals surface area (Å²) in [6, 6.07) is 5.99. The Labute approximate surface area is 162 Å². The maximum Gasteiger partial charge on any atom is 0.419 e. The summed E-state index contributed by atoms with van der Waals surface area (Å²) in [5, 5.41) is 11.1. The molecule has 0 radical (unpaired) electrons. The van der Waals surface area contributed by atoms with Gasteiger partial charge < -0.3 is 14.3 Å². The Morgan fingerprint density at radius 3 is 2.93 bits per heavy atom. The molecule has 1 aromatic carbocycles. The molecule has 1 aliphatic rings. The topological polar surface area (TPSA) is 94.9 Å². The van der Waals surface area contributed by atoms with Crippen LogP contribution in [0.4, 0.5) is 0 Å². The van der Waals surface area contributed by atoms with Gasteiger partial charge in [-0.2, -0.15) is 0 Å². The van der Waals surface area contributed by atoms with Crippen molar-refractivity contribution in [2.24, 2.45) is 0 Å². The maximum absolute atomic E-state index is 12.3. The van der Waals surface area contributed by atoms with Gasteiger partial charge in [-0.25, -0.2) is 4.79 Å². The first-order valence-electron chi connectivity index (χ1n) is 9.87. The minimum atomic E-state index is -0.439. The van der Waals surface area contributed by atoms with Crippen molar-refractivity contribution in [2.45, 2.75) is 64.6 Å². The molecule has 0 bridgehead atoms. The number of fused-ring (bicyclic) bond motifs is 1. The van der Waals surface area contributed by atoms with Crippen molar-refractivity contribution in [3.8, 4) is 0 Å². The minimum Gasteiger partial charge on any atom is -0.408 e. The number of nitrogens with zero attached hydrogens (tertiary/aromatic N) is 4. The van der Waals surface area contributed by atoms with Gasteiger partial charge in [0.2, 0.25) is 5.91 Å². The van der Waals surface area contributed by atoms with Crippen LogP contribution in [0.3, 0.4) is 0 Å². The van der Waals surface area contributed by atoms with E-state index in [9.17, 15) is 9.59 Å². The van der Waals surface area contributed by atoms with Gasteiger partial charge in [-0.05, 0) is 37.5 Å². The zero-order valence-corrected chi connectivity index (χ0v) is 16.1. The van der Waals surface area contributed by atoms with E-state index in [1.165, 1.54) is 23.8 Å². The zero-order valence-electron chi connectivity index (χ0n) is 16.1. The third-order valence-corrected chi connectivity index (χ3v) is 5.44. The van der Waals surface area contributed by atoms with Crippen molar-refractivity contribution in [1.29, 1.82) is 0 Å². The maximum atomic E-state index is 12.3. The quantitative estimate of drug-likeness (QED) is 0.706. The largest absolute Gasteiger partial charge is 0.419 e. The molecule has 8 nitrogen and oxygen atoms in total. The predicted molar refractivity (Wildman–Crippen MR) is 104 cm³/mol. The summed E-state index contributed by atoms with van der Waals surface area (Å²) >= 11 is 0. The molecule has 1 N–H and O–H groups in total. The molecule has 0 spiro atoms. The molecule has 0 atom stereocenters. The highest BCUT2D eigenvalue weighted by Crippen LogP contribution is 2.28. The van der Waals surface area contributed by atoms with E-state index in [-0.39, 0.29) is 18.9 Å². The molecule has 4 rings (SSSR count). The third kappa shape index (κ3) is 3.85. The molecular weight excluding hydrogens is 358 g/mol. The van der Waals surface area contributed by atoms with Gasteiger partial charge in [-0.1, -0.05) is 25.3 Å². The summed E-state index contributed by atoms with van der Waals surface area (Å²) in [4.78, 5) is 24.4. The SMILES string of the molecule is Cc1ccc2oc(=O)n(CCC(=O)NCc3nncn3C3CCCCC3)c2c1. The minimum absolute atomic E-state index is 0.132. The van der Waals surface area contributed by atoms with Crippen LogP contribution >= 0.6 is 0 Å². The molecule has 1 saturated carbocycles. The second-order valence-corrected chi connectivity index (χ2v) is 7.46. The number of oxazole rings is 1. The Morgan fingerprint density at radius 1 is 1.29 bits per heavy atom. The summed E-state index contributed by atoms with van der Waals surface area (Å²) in [6.45, 7) is 2.57. The van der Waals surface area contributed by atoms with Crippen molar-refractivity contribution < 1.29 is 9.21 Å². The average molecular weight is 383 g/mol. The fraction of sp³-hybridized carbons (Fsp3) is 0.500. The fourth-order valence-corrected chi connectivity index (χ4v) is 3.92. The van der Waals surface area contributed by atoms with E-state index in [4.69, 9.17) is 4.42 Å². The molecule has 0 saturated heterocycles. The number of aromatic nitrogens is 4. The summed E-state index contributed by atoms with van der Waals surface area (Å²) in [7, 11) is 0. The Balaban J connectivity index is 1.36. The summed E-state index contributed by atoms with van der Waals surface area (Å²) in [6.07, 6.45) is 7.95. The number of carbonyl (C=O) groups excluding carboxylic acids is 1. The van der Waals surface area contributed by atoms with E-state index in [1.54, 1.807) is 12.4 Å². The number of hydrogen-bond acceptors (Lipinski definition) is 5. The fourth-order valence-electron chi connectivity index (χ4n) is 3.92. The Hall–Kier alpha value is -2.90. The van der Waals surface area contributed by atoms with Crippen LogP contribution in [0, 0.1) is 6.92 Å². The molecule has 2 heterocycles. The van der Waals surface area contributed by atoms with Crippen molar-refractivity contribution >= 4 is 17.0 Å². The lowest BCUT2D eigenvalue weighted by Crippen LogP contribution is -2.27. The first-order chi connectivity index (χ1) is 13.6. The lowest BCUT2D eigenvalue weighted by Gasteiger charge is -2.24. The number of hydrogen-bond donors (Lipinski definition) is 1. The first kappa shape index (κ1) is 18.5. The highest BCUT2D eigenvalue weighted by atomic mass is 16.4. The molecule has 0 aliphatic heterocycles. The highest BCUT2D eigenvalue weighted by Gasteiger charge is 2.19. The van der Waals surface area contributed by atoms with E-state index in [2.05, 4.69) is 20.1 Å². The van der Waals surface area contributed by atoms with Crippen LogP contribution in [0.1, 0.15) is 56.0 Å². The lowest BCUT2D eigenvalue weighted by atomic mass is 9.95. The van der Waals surface area contributed by atoms with Crippen molar-refractivity contribution in [1.82, 2.24) is 24.6 Å². The van der Waals surface area contributed by atoms with Crippen LogP contribution in [-0.2, 0) is 17.9 Å². The summed E-state index contributed by atoms with van der Waals surface area (Å²) in [5.74, 6) is 0.208. The van der Waals surface area contributed by atoms with Crippen LogP contribution in [0.25, 0.3) is 11.1 Å². The second-order valence-electron chi connectivity index (χ2n) is 7.46. The van der Waals surface area contributed by atoms with Gasteiger partial charge in [0.15, 0.2) is 11.4 Å². The van der Waals surface area contributed by atoms with Gasteiger partial charge in [0.05, 0.1) is 12.1 Å². The number of rotatable bonds is 6. The highest BCUT2D eigenvalue weighted by molar-refractivity contribution is 5.77. The van der Waals surface area contributed by atoms with Crippen molar-refractivity contribution in [3.05, 3.63) is 46.5 Å². The smallest absolute Gasteiger partial charge is 0.408 e. The van der Waals surface area contributed by atoms with E-state index >= 15 is 0 Å². The monoisotopic (exact) mass is 383 g/mol. The third-order valence-electron chi connectivity index (χ3n) is 5.44. The number of nitrogens with one attached hydrogen (secondary N) is 1. The standard InChI is InChI=1S/C20H25N5O3/c1-14-7-8-17-16(11-14)24(20(27)28-17)10-9-19(26)21-12-18-23-22-13-25(18)15-5-3-2-4-6-15/h7-8,11,13,15H,2-6,9-10,12H2,1H3,(H,21,26). The van der Waals surface area contributed by atoms with Crippen LogP contribution < -0.4 is 11.1 Å². The number of benzene rings is 1. The van der Waals surface area contributed by atoms with Gasteiger partial charge in [-0.3, -0.25) is 9.36 Å². The van der Waals surface area contributed by atoms with Crippen LogP contribution in [-0.4, -0.2) is 25.2 Å². The van der Waals surface area contributed by atoms with Gasteiger partial charge in [0.25, 0.3) is 0 Å². The summed E-state index contributed by atoms with van der Waals surface area (Å²) < 4.78 is 8.84. The molecule has 3 aromatic rings. The van der Waals surface area contributed by atoms with Gasteiger partial charge in [-0.15, -0.1) is 10.2 Å². The summed E-state index contributed by atoms with van der Waals surface area (Å²) in [5.41, 5.74) is 2.29. The number of amides is 1. The molecule has 1 aliphatic carbocycles. The molecule has 2 aromatic heterocycles. The van der Waals surface area contributed by atoms with Crippen molar-refractivity contribution in [3.63, 3.8) is 0 Å². The Morgan fingerprint density at radius 2 is 2.11 bits per heavy atom. The van der Waals surface area contributed by atoms with Crippen LogP contribution in [0.2, 0.25) is 0 Å². The molecule has 28 heavy (non-hydrogen) atoms. The van der Waals surface area contributed by atoms with Crippen LogP contribution in [0.5, 0.6) is 0 Å². The first-order valence-corrected chi connectivity index (χ1v) is 9.87. The van der Waals surface area contributed by atoms with Gasteiger partial charge in [0, 0.05) is 19.0 Å². The second kappa shape index (κ2) is 8.00. The van der Waals surface area contributed by atoms with Crippen LogP contribution in [0.15, 0.2) is 33.7 Å². The van der Waals surface area contributed by atoms with E-state index in [0.717, 1.165) is 29.7 Å².